The Morgan fingerprint density at radius 3 is 0.833 bits per heavy atom. The molecule has 0 saturated heterocycles. The van der Waals surface area contributed by atoms with Gasteiger partial charge in [0.25, 0.3) is 0 Å². The maximum Gasteiger partial charge on any atom is 0.306 e. The van der Waals surface area contributed by atoms with Crippen LogP contribution in [-0.4, -0.2) is 37.2 Å². The highest BCUT2D eigenvalue weighted by Gasteiger charge is 2.19. The second-order valence-electron chi connectivity index (χ2n) is 21.6. The topological polar surface area (TPSA) is 78.9 Å². The molecule has 0 amide bonds. The van der Waals surface area contributed by atoms with Crippen LogP contribution in [0.25, 0.3) is 0 Å². The highest BCUT2D eigenvalue weighted by atomic mass is 16.6. The van der Waals surface area contributed by atoms with Crippen LogP contribution in [0.3, 0.4) is 0 Å². The molecule has 0 aliphatic rings. The minimum atomic E-state index is -0.815. The average Bonchev–Trinajstić information content (AvgIpc) is 3.44. The minimum Gasteiger partial charge on any atom is -0.462 e. The molecule has 0 aromatic rings. The second-order valence-corrected chi connectivity index (χ2v) is 21.6. The van der Waals surface area contributed by atoms with Crippen molar-refractivity contribution in [2.45, 2.75) is 316 Å². The Hall–Kier alpha value is -3.93. The van der Waals surface area contributed by atoms with E-state index in [-0.39, 0.29) is 37.5 Å². The van der Waals surface area contributed by atoms with E-state index in [0.717, 1.165) is 103 Å². The monoisotopic (exact) mass is 1080 g/mol. The van der Waals surface area contributed by atoms with Gasteiger partial charge in [-0.05, 0) is 122 Å². The number of ether oxygens (including phenoxy) is 3. The zero-order valence-electron chi connectivity index (χ0n) is 51.2. The summed E-state index contributed by atoms with van der Waals surface area (Å²) in [5.41, 5.74) is 0. The normalized spacial score (nSPS) is 12.8. The molecule has 6 nitrogen and oxygen atoms in total. The van der Waals surface area contributed by atoms with Crippen LogP contribution in [0.15, 0.2) is 109 Å². The first-order valence-electron chi connectivity index (χ1n) is 32.9. The molecule has 0 aromatic carbocycles. The van der Waals surface area contributed by atoms with E-state index in [9.17, 15) is 14.4 Å². The van der Waals surface area contributed by atoms with Crippen molar-refractivity contribution < 1.29 is 28.6 Å². The molecule has 0 aliphatic heterocycles. The van der Waals surface area contributed by atoms with E-state index in [2.05, 4.69) is 130 Å². The van der Waals surface area contributed by atoms with Gasteiger partial charge in [0.2, 0.25) is 0 Å². The Bertz CT molecular complexity index is 1570. The molecule has 1 unspecified atom stereocenters. The molecule has 0 heterocycles. The van der Waals surface area contributed by atoms with Gasteiger partial charge in [-0.15, -0.1) is 0 Å². The Kier molecular flexibility index (Phi) is 62.3. The third-order valence-corrected chi connectivity index (χ3v) is 14.0. The van der Waals surface area contributed by atoms with E-state index >= 15 is 0 Å². The predicted molar refractivity (Wildman–Crippen MR) is 339 cm³/mol. The molecule has 1 atom stereocenters. The van der Waals surface area contributed by atoms with Crippen molar-refractivity contribution in [1.29, 1.82) is 0 Å². The van der Waals surface area contributed by atoms with Gasteiger partial charge in [-0.3, -0.25) is 14.4 Å². The fourth-order valence-electron chi connectivity index (χ4n) is 9.07. The van der Waals surface area contributed by atoms with Gasteiger partial charge < -0.3 is 14.2 Å². The van der Waals surface area contributed by atoms with Gasteiger partial charge >= 0.3 is 17.9 Å². The third-order valence-electron chi connectivity index (χ3n) is 14.0. The molecule has 0 aliphatic carbocycles. The quantitative estimate of drug-likeness (QED) is 0.0261. The summed E-state index contributed by atoms with van der Waals surface area (Å²) in [6, 6.07) is 0. The fraction of sp³-hybridized carbons (Fsp3) is 0.708. The number of esters is 3. The Balaban J connectivity index is 4.38. The van der Waals surface area contributed by atoms with Crippen LogP contribution in [0.4, 0.5) is 0 Å². The largest absolute Gasteiger partial charge is 0.462 e. The average molecular weight is 1080 g/mol. The second kappa shape index (κ2) is 65.6. The van der Waals surface area contributed by atoms with E-state index in [1.54, 1.807) is 0 Å². The van der Waals surface area contributed by atoms with Gasteiger partial charge in [0, 0.05) is 19.3 Å². The van der Waals surface area contributed by atoms with Crippen molar-refractivity contribution in [3.05, 3.63) is 109 Å². The van der Waals surface area contributed by atoms with Gasteiger partial charge in [-0.2, -0.15) is 0 Å². The maximum atomic E-state index is 12.9. The molecule has 0 saturated carbocycles. The molecular weight excluding hydrogens is 961 g/mol. The molecule has 0 bridgehead atoms. The van der Waals surface area contributed by atoms with Gasteiger partial charge in [-0.25, -0.2) is 0 Å². The molecule has 0 fully saturated rings. The van der Waals surface area contributed by atoms with E-state index in [0.29, 0.717) is 19.3 Å². The first-order valence-corrected chi connectivity index (χ1v) is 32.9. The van der Waals surface area contributed by atoms with Crippen molar-refractivity contribution in [2.75, 3.05) is 13.2 Å². The van der Waals surface area contributed by atoms with Gasteiger partial charge in [0.15, 0.2) is 6.10 Å². The van der Waals surface area contributed by atoms with Crippen LogP contribution >= 0.6 is 0 Å². The molecule has 0 rings (SSSR count). The number of carbonyl (C=O) groups excluding carboxylic acids is 3. The molecule has 0 spiro atoms. The number of unbranched alkanes of at least 4 members (excludes halogenated alkanes) is 30. The lowest BCUT2D eigenvalue weighted by Gasteiger charge is -2.18. The Morgan fingerprint density at radius 1 is 0.269 bits per heavy atom. The number of hydrogen-bond donors (Lipinski definition) is 0. The maximum absolute atomic E-state index is 12.9. The molecule has 6 heteroatoms. The first-order chi connectivity index (χ1) is 38.5. The van der Waals surface area contributed by atoms with Crippen molar-refractivity contribution >= 4 is 17.9 Å². The zero-order valence-corrected chi connectivity index (χ0v) is 51.2. The number of carbonyl (C=O) groups is 3. The summed E-state index contributed by atoms with van der Waals surface area (Å²) in [6.45, 7) is 6.48. The number of hydrogen-bond acceptors (Lipinski definition) is 6. The molecule has 78 heavy (non-hydrogen) atoms. The van der Waals surface area contributed by atoms with Crippen molar-refractivity contribution in [1.82, 2.24) is 0 Å². The smallest absolute Gasteiger partial charge is 0.306 e. The summed E-state index contributed by atoms with van der Waals surface area (Å²) < 4.78 is 16.9. The predicted octanol–water partition coefficient (Wildman–Crippen LogP) is 22.6. The molecular formula is C72H122O6. The van der Waals surface area contributed by atoms with Crippen LogP contribution in [0.1, 0.15) is 310 Å². The molecule has 0 radical (unpaired) electrons. The fourth-order valence-corrected chi connectivity index (χ4v) is 9.07. The summed E-state index contributed by atoms with van der Waals surface area (Å²) in [5.74, 6) is -0.966. The highest BCUT2D eigenvalue weighted by Crippen LogP contribution is 2.16. The highest BCUT2D eigenvalue weighted by molar-refractivity contribution is 5.71. The molecule has 446 valence electrons. The molecule has 0 N–H and O–H groups in total. The zero-order chi connectivity index (χ0) is 56.4. The van der Waals surface area contributed by atoms with Gasteiger partial charge in [-0.1, -0.05) is 278 Å². The summed E-state index contributed by atoms with van der Waals surface area (Å²) >= 11 is 0. The first kappa shape index (κ1) is 74.1. The lowest BCUT2D eigenvalue weighted by atomic mass is 10.0. The summed E-state index contributed by atoms with van der Waals surface area (Å²) in [4.78, 5) is 38.3. The van der Waals surface area contributed by atoms with E-state index in [1.165, 1.54) is 161 Å². The van der Waals surface area contributed by atoms with Crippen LogP contribution in [0, 0.1) is 0 Å². The van der Waals surface area contributed by atoms with Crippen LogP contribution in [0.2, 0.25) is 0 Å². The van der Waals surface area contributed by atoms with Crippen LogP contribution in [0.5, 0.6) is 0 Å². The van der Waals surface area contributed by atoms with E-state index < -0.39 is 6.10 Å². The summed E-state index contributed by atoms with van der Waals surface area (Å²) in [6.07, 6.45) is 89.6. The standard InChI is InChI=1S/C72H122O6/c1-4-7-10-13-16-19-22-25-28-31-32-33-34-35-36-37-38-39-40-42-44-47-50-53-56-59-62-65-71(74)77-68-69(67-76-70(73)64-61-58-55-52-49-46-43-30-27-24-21-18-15-12-9-6-3)78-72(75)66-63-60-57-54-51-48-45-41-29-26-23-20-17-14-11-8-5-2/h8,11,17,20,22,25-26,29-32,34-35,43,45,48,54,57,69H,4-7,9-10,12-16,18-19,21,23-24,27-28,33,36-42,44,46-47,49-53,55-56,58-68H2,1-3H3/b11-8-,20-17-,25-22-,29-26-,32-31-,35-34-,43-30-,48-45-,57-54-. The van der Waals surface area contributed by atoms with Crippen molar-refractivity contribution in [3.63, 3.8) is 0 Å². The van der Waals surface area contributed by atoms with Crippen LogP contribution < -0.4 is 0 Å². The number of allylic oxidation sites excluding steroid dienone is 18. The van der Waals surface area contributed by atoms with Gasteiger partial charge in [0.05, 0.1) is 0 Å². The minimum absolute atomic E-state index is 0.104. The van der Waals surface area contributed by atoms with Gasteiger partial charge in [0.1, 0.15) is 13.2 Å². The van der Waals surface area contributed by atoms with E-state index in [4.69, 9.17) is 14.2 Å². The Labute approximate surface area is 482 Å². The van der Waals surface area contributed by atoms with Crippen molar-refractivity contribution in [2.24, 2.45) is 0 Å². The molecule has 0 aromatic heterocycles. The summed E-state index contributed by atoms with van der Waals surface area (Å²) in [7, 11) is 0. The lowest BCUT2D eigenvalue weighted by Crippen LogP contribution is -2.30. The Morgan fingerprint density at radius 2 is 0.513 bits per heavy atom. The SMILES string of the molecule is CC/C=C\C/C=C\C/C=C\C/C=C\C/C=C\CCCC(=O)OC(COC(=O)CCCCCCC/C=C\CCCCCCCCC)COC(=O)CCCCCCCCCCCCCC/C=C\C/C=C\C/C=C\CCCCCCC. The van der Waals surface area contributed by atoms with Crippen LogP contribution in [-0.2, 0) is 28.6 Å². The number of rotatable bonds is 59. The van der Waals surface area contributed by atoms with Crippen molar-refractivity contribution in [3.8, 4) is 0 Å². The lowest BCUT2D eigenvalue weighted by molar-refractivity contribution is -0.167. The van der Waals surface area contributed by atoms with E-state index in [1.807, 2.05) is 0 Å². The third kappa shape index (κ3) is 62.9. The summed E-state index contributed by atoms with van der Waals surface area (Å²) in [5, 5.41) is 0.